The quantitative estimate of drug-likeness (QED) is 0.521. The number of fused-ring (bicyclic) bond motifs is 1. The molecule has 0 saturated heterocycles. The molecule has 0 radical (unpaired) electrons. The molecular formula is C20H26N2O6. The van der Waals surface area contributed by atoms with Gasteiger partial charge in [-0.25, -0.2) is 9.59 Å². The molecule has 0 saturated carbocycles. The van der Waals surface area contributed by atoms with Crippen LogP contribution in [-0.4, -0.2) is 43.8 Å². The molecule has 0 unspecified atom stereocenters. The number of ether oxygens (including phenoxy) is 3. The van der Waals surface area contributed by atoms with E-state index in [0.717, 1.165) is 24.2 Å². The van der Waals surface area contributed by atoms with Crippen LogP contribution in [0.15, 0.2) is 18.2 Å². The Morgan fingerprint density at radius 1 is 1.29 bits per heavy atom. The predicted molar refractivity (Wildman–Crippen MR) is 103 cm³/mol. The minimum Gasteiger partial charge on any atom is -0.493 e. The van der Waals surface area contributed by atoms with E-state index in [1.807, 2.05) is 32.9 Å². The molecule has 152 valence electrons. The van der Waals surface area contributed by atoms with E-state index in [2.05, 4.69) is 10.6 Å². The highest BCUT2D eigenvalue weighted by Gasteiger charge is 2.21. The molecule has 0 spiro atoms. The largest absolute Gasteiger partial charge is 0.493 e. The molecule has 1 aliphatic rings. The van der Waals surface area contributed by atoms with E-state index >= 15 is 0 Å². The van der Waals surface area contributed by atoms with Gasteiger partial charge in [0.2, 0.25) is 0 Å². The Morgan fingerprint density at radius 2 is 2.07 bits per heavy atom. The van der Waals surface area contributed by atoms with E-state index in [9.17, 15) is 14.4 Å². The molecule has 8 heteroatoms. The van der Waals surface area contributed by atoms with E-state index in [1.54, 1.807) is 6.08 Å². The van der Waals surface area contributed by atoms with Crippen molar-refractivity contribution in [1.29, 1.82) is 0 Å². The second kappa shape index (κ2) is 10.3. The number of rotatable bonds is 8. The maximum Gasteiger partial charge on any atom is 0.331 e. The van der Waals surface area contributed by atoms with Crippen molar-refractivity contribution in [3.05, 3.63) is 29.3 Å². The van der Waals surface area contributed by atoms with Crippen molar-refractivity contribution in [2.45, 2.75) is 39.7 Å². The van der Waals surface area contributed by atoms with Gasteiger partial charge in [0, 0.05) is 30.2 Å². The first kappa shape index (κ1) is 21.3. The van der Waals surface area contributed by atoms with Gasteiger partial charge in [-0.1, -0.05) is 6.92 Å². The van der Waals surface area contributed by atoms with Crippen molar-refractivity contribution in [3.63, 3.8) is 0 Å². The summed E-state index contributed by atoms with van der Waals surface area (Å²) in [4.78, 5) is 34.8. The first-order valence-corrected chi connectivity index (χ1v) is 9.31. The number of imide groups is 1. The Balaban J connectivity index is 1.92. The van der Waals surface area contributed by atoms with Gasteiger partial charge in [0.25, 0.3) is 5.91 Å². The van der Waals surface area contributed by atoms with Crippen molar-refractivity contribution in [1.82, 2.24) is 10.6 Å². The molecule has 1 aromatic carbocycles. The number of urea groups is 1. The molecule has 1 atom stereocenters. The van der Waals surface area contributed by atoms with E-state index in [-0.39, 0.29) is 6.10 Å². The van der Waals surface area contributed by atoms with Crippen LogP contribution in [0, 0.1) is 0 Å². The monoisotopic (exact) mass is 390 g/mol. The lowest BCUT2D eigenvalue weighted by Gasteiger charge is -2.10. The molecule has 0 fully saturated rings. The average molecular weight is 390 g/mol. The molecule has 0 aromatic heterocycles. The zero-order chi connectivity index (χ0) is 20.5. The van der Waals surface area contributed by atoms with Gasteiger partial charge in [-0.2, -0.15) is 0 Å². The van der Waals surface area contributed by atoms with Crippen molar-refractivity contribution >= 4 is 24.0 Å². The lowest BCUT2D eigenvalue weighted by molar-refractivity contribution is -0.143. The summed E-state index contributed by atoms with van der Waals surface area (Å²) in [6.45, 7) is 6.14. The van der Waals surface area contributed by atoms with Crippen molar-refractivity contribution < 1.29 is 28.6 Å². The topological polar surface area (TPSA) is 103 Å². The fourth-order valence-electron chi connectivity index (χ4n) is 2.65. The average Bonchev–Trinajstić information content (AvgIpc) is 3.01. The highest BCUT2D eigenvalue weighted by molar-refractivity contribution is 5.96. The molecule has 8 nitrogen and oxygen atoms in total. The third-order valence-electron chi connectivity index (χ3n) is 3.86. The number of hydrogen-bond acceptors (Lipinski definition) is 6. The molecule has 0 bridgehead atoms. The Hall–Kier alpha value is -3.03. The van der Waals surface area contributed by atoms with Gasteiger partial charge >= 0.3 is 12.0 Å². The summed E-state index contributed by atoms with van der Waals surface area (Å²) in [5.41, 5.74) is 1.74. The number of esters is 1. The van der Waals surface area contributed by atoms with Crippen LogP contribution in [0.2, 0.25) is 0 Å². The highest BCUT2D eigenvalue weighted by atomic mass is 16.5. The third kappa shape index (κ3) is 6.29. The van der Waals surface area contributed by atoms with Gasteiger partial charge in [-0.15, -0.1) is 0 Å². The first-order valence-electron chi connectivity index (χ1n) is 9.31. The minimum atomic E-state index is -0.707. The van der Waals surface area contributed by atoms with Gasteiger partial charge in [-0.05, 0) is 38.5 Å². The lowest BCUT2D eigenvalue weighted by atomic mass is 10.1. The fourth-order valence-corrected chi connectivity index (χ4v) is 2.65. The third-order valence-corrected chi connectivity index (χ3v) is 3.86. The summed E-state index contributed by atoms with van der Waals surface area (Å²) in [6.07, 6.45) is 4.40. The summed E-state index contributed by atoms with van der Waals surface area (Å²) in [7, 11) is 0. The number of benzene rings is 1. The second-order valence-corrected chi connectivity index (χ2v) is 6.31. The normalized spacial score (nSPS) is 14.9. The molecule has 2 rings (SSSR count). The molecule has 2 N–H and O–H groups in total. The van der Waals surface area contributed by atoms with Gasteiger partial charge < -0.3 is 19.5 Å². The molecule has 1 heterocycles. The van der Waals surface area contributed by atoms with Crippen LogP contribution in [0.4, 0.5) is 4.79 Å². The SMILES string of the molecule is CCCNC(=O)NC(=O)COC(=O)/C=C/c1cc2c(cc1OCC)C[C@@H](C)O2. The van der Waals surface area contributed by atoms with Crippen LogP contribution < -0.4 is 20.1 Å². The summed E-state index contributed by atoms with van der Waals surface area (Å²) in [5, 5.41) is 4.56. The molecule has 1 aliphatic heterocycles. The van der Waals surface area contributed by atoms with E-state index in [4.69, 9.17) is 14.2 Å². The number of carbonyl (C=O) groups excluding carboxylic acids is 3. The van der Waals surface area contributed by atoms with E-state index in [0.29, 0.717) is 24.5 Å². The highest BCUT2D eigenvalue weighted by Crippen LogP contribution is 2.35. The maximum atomic E-state index is 11.9. The zero-order valence-corrected chi connectivity index (χ0v) is 16.4. The Bertz CT molecular complexity index is 759. The molecule has 0 aliphatic carbocycles. The fraction of sp³-hybridized carbons (Fsp3) is 0.450. The molecular weight excluding hydrogens is 364 g/mol. The number of amides is 3. The van der Waals surface area contributed by atoms with Crippen LogP contribution in [-0.2, 0) is 20.7 Å². The Labute approximate surface area is 164 Å². The number of hydrogen-bond donors (Lipinski definition) is 2. The minimum absolute atomic E-state index is 0.0988. The van der Waals surface area contributed by atoms with Gasteiger partial charge in [0.15, 0.2) is 6.61 Å². The van der Waals surface area contributed by atoms with Crippen LogP contribution in [0.5, 0.6) is 11.5 Å². The number of carbonyl (C=O) groups is 3. The second-order valence-electron chi connectivity index (χ2n) is 6.31. The molecule has 1 aromatic rings. The van der Waals surface area contributed by atoms with Crippen molar-refractivity contribution in [2.75, 3.05) is 19.8 Å². The van der Waals surface area contributed by atoms with E-state index in [1.165, 1.54) is 6.08 Å². The maximum absolute atomic E-state index is 11.9. The summed E-state index contributed by atoms with van der Waals surface area (Å²) in [6, 6.07) is 3.11. The lowest BCUT2D eigenvalue weighted by Crippen LogP contribution is -2.41. The number of nitrogens with one attached hydrogen (secondary N) is 2. The zero-order valence-electron chi connectivity index (χ0n) is 16.4. The van der Waals surface area contributed by atoms with E-state index < -0.39 is 24.5 Å². The Morgan fingerprint density at radius 3 is 2.79 bits per heavy atom. The van der Waals surface area contributed by atoms with Crippen molar-refractivity contribution in [3.8, 4) is 11.5 Å². The van der Waals surface area contributed by atoms with Crippen LogP contribution in [0.1, 0.15) is 38.3 Å². The smallest absolute Gasteiger partial charge is 0.331 e. The standard InChI is InChI=1S/C20H26N2O6/c1-4-8-21-20(25)22-18(23)12-27-19(24)7-6-14-10-17-15(9-13(3)28-17)11-16(14)26-5-2/h6-7,10-11,13H,4-5,8-9,12H2,1-3H3,(H2,21,22,23,25)/b7-6+/t13-/m1/s1. The van der Waals surface area contributed by atoms with Gasteiger partial charge in [0.05, 0.1) is 6.61 Å². The van der Waals surface area contributed by atoms with Gasteiger partial charge in [-0.3, -0.25) is 10.1 Å². The summed E-state index contributed by atoms with van der Waals surface area (Å²) >= 11 is 0. The first-order chi connectivity index (χ1) is 13.4. The van der Waals surface area contributed by atoms with Crippen LogP contribution >= 0.6 is 0 Å². The van der Waals surface area contributed by atoms with Crippen LogP contribution in [0.25, 0.3) is 6.08 Å². The summed E-state index contributed by atoms with van der Waals surface area (Å²) in [5.74, 6) is 0.00130. The van der Waals surface area contributed by atoms with Gasteiger partial charge in [0.1, 0.15) is 17.6 Å². The molecule has 28 heavy (non-hydrogen) atoms. The molecule has 3 amide bonds. The van der Waals surface area contributed by atoms with Crippen molar-refractivity contribution in [2.24, 2.45) is 0 Å². The van der Waals surface area contributed by atoms with Crippen LogP contribution in [0.3, 0.4) is 0 Å². The Kier molecular flexibility index (Phi) is 7.86. The predicted octanol–water partition coefficient (Wildman–Crippen LogP) is 2.20. The summed E-state index contributed by atoms with van der Waals surface area (Å²) < 4.78 is 16.2.